The van der Waals surface area contributed by atoms with Gasteiger partial charge < -0.3 is 14.4 Å². The van der Waals surface area contributed by atoms with Gasteiger partial charge in [0.15, 0.2) is 5.79 Å². The summed E-state index contributed by atoms with van der Waals surface area (Å²) in [7, 11) is 1.78. The maximum absolute atomic E-state index is 13.4. The van der Waals surface area contributed by atoms with E-state index in [0.29, 0.717) is 25.4 Å². The van der Waals surface area contributed by atoms with Crippen LogP contribution in [0.2, 0.25) is 0 Å². The van der Waals surface area contributed by atoms with E-state index >= 15 is 0 Å². The molecule has 8 nitrogen and oxygen atoms in total. The summed E-state index contributed by atoms with van der Waals surface area (Å²) in [5.74, 6) is -0.749. The van der Waals surface area contributed by atoms with Crippen molar-refractivity contribution in [3.8, 4) is 5.69 Å². The Labute approximate surface area is 176 Å². The van der Waals surface area contributed by atoms with Gasteiger partial charge in [-0.15, -0.1) is 0 Å². The first kappa shape index (κ1) is 20.3. The van der Waals surface area contributed by atoms with Crippen molar-refractivity contribution in [2.75, 3.05) is 13.2 Å². The number of nitrogens with zero attached hydrogens (tertiary/aromatic N) is 5. The Morgan fingerprint density at radius 3 is 2.67 bits per heavy atom. The molecule has 0 unspecified atom stereocenters. The SMILES string of the molecule is Cc1cc(C(=O)N(Cc2ccnn2-c2ccccc2)C[C@H]2COC(C)(C)O2)n(C)n1. The van der Waals surface area contributed by atoms with Crippen LogP contribution in [0.4, 0.5) is 0 Å². The Bertz CT molecular complexity index is 1020. The summed E-state index contributed by atoms with van der Waals surface area (Å²) in [6.45, 7) is 6.88. The van der Waals surface area contributed by atoms with Gasteiger partial charge in [0.25, 0.3) is 5.91 Å². The van der Waals surface area contributed by atoms with Gasteiger partial charge in [-0.05, 0) is 45.0 Å². The fraction of sp³-hybridized carbons (Fsp3) is 0.409. The quantitative estimate of drug-likeness (QED) is 0.626. The van der Waals surface area contributed by atoms with Crippen molar-refractivity contribution in [2.24, 2.45) is 7.05 Å². The minimum absolute atomic E-state index is 0.104. The van der Waals surface area contributed by atoms with Crippen molar-refractivity contribution in [2.45, 2.75) is 39.2 Å². The molecular formula is C22H27N5O3. The van der Waals surface area contributed by atoms with Crippen LogP contribution in [0.1, 0.15) is 35.7 Å². The highest BCUT2D eigenvalue weighted by molar-refractivity contribution is 5.92. The zero-order valence-electron chi connectivity index (χ0n) is 17.8. The van der Waals surface area contributed by atoms with E-state index in [-0.39, 0.29) is 12.0 Å². The van der Waals surface area contributed by atoms with Gasteiger partial charge >= 0.3 is 0 Å². The average molecular weight is 409 g/mol. The normalized spacial score (nSPS) is 17.9. The standard InChI is InChI=1S/C22H27N5O3/c1-16-12-20(25(4)24-16)21(28)26(14-19-15-29-22(2,3)30-19)13-18-10-11-23-27(18)17-8-6-5-7-9-17/h5-12,19H,13-15H2,1-4H3/t19-/m0/s1. The third-order valence-corrected chi connectivity index (χ3v) is 5.07. The molecule has 1 aliphatic heterocycles. The highest BCUT2D eigenvalue weighted by Gasteiger charge is 2.35. The molecule has 0 saturated carbocycles. The first-order valence-corrected chi connectivity index (χ1v) is 10.0. The van der Waals surface area contributed by atoms with Crippen molar-refractivity contribution < 1.29 is 14.3 Å². The van der Waals surface area contributed by atoms with E-state index in [2.05, 4.69) is 10.2 Å². The van der Waals surface area contributed by atoms with Crippen LogP contribution in [0.15, 0.2) is 48.7 Å². The maximum atomic E-state index is 13.4. The van der Waals surface area contributed by atoms with Crippen molar-refractivity contribution in [3.05, 3.63) is 65.7 Å². The van der Waals surface area contributed by atoms with E-state index in [4.69, 9.17) is 9.47 Å². The molecule has 8 heteroatoms. The molecule has 1 amide bonds. The van der Waals surface area contributed by atoms with E-state index < -0.39 is 5.79 Å². The van der Waals surface area contributed by atoms with Gasteiger partial charge in [0.1, 0.15) is 11.8 Å². The van der Waals surface area contributed by atoms with Gasteiger partial charge in [0.05, 0.1) is 36.8 Å². The van der Waals surface area contributed by atoms with E-state index in [1.165, 1.54) is 0 Å². The molecule has 0 radical (unpaired) electrons. The molecule has 30 heavy (non-hydrogen) atoms. The Hall–Kier alpha value is -2.97. The van der Waals surface area contributed by atoms with Crippen LogP contribution >= 0.6 is 0 Å². The minimum atomic E-state index is -0.645. The third kappa shape index (κ3) is 4.29. The van der Waals surface area contributed by atoms with Crippen molar-refractivity contribution >= 4 is 5.91 Å². The fourth-order valence-electron chi connectivity index (χ4n) is 3.74. The average Bonchev–Trinajstić information content (AvgIpc) is 3.40. The summed E-state index contributed by atoms with van der Waals surface area (Å²) in [5.41, 5.74) is 3.20. The molecule has 1 saturated heterocycles. The monoisotopic (exact) mass is 409 g/mol. The van der Waals surface area contributed by atoms with E-state index in [0.717, 1.165) is 17.1 Å². The van der Waals surface area contributed by atoms with Crippen molar-refractivity contribution in [1.29, 1.82) is 0 Å². The number of rotatable bonds is 6. The van der Waals surface area contributed by atoms with Crippen LogP contribution < -0.4 is 0 Å². The van der Waals surface area contributed by atoms with Gasteiger partial charge in [-0.25, -0.2) is 4.68 Å². The highest BCUT2D eigenvalue weighted by Crippen LogP contribution is 2.24. The Kier molecular flexibility index (Phi) is 5.44. The van der Waals surface area contributed by atoms with Crippen LogP contribution in [-0.4, -0.2) is 55.4 Å². The first-order chi connectivity index (χ1) is 14.3. The van der Waals surface area contributed by atoms with Crippen LogP contribution in [0, 0.1) is 6.92 Å². The Morgan fingerprint density at radius 1 is 1.27 bits per heavy atom. The number of hydrogen-bond acceptors (Lipinski definition) is 5. The van der Waals surface area contributed by atoms with Gasteiger partial charge in [-0.2, -0.15) is 10.2 Å². The second-order valence-electron chi connectivity index (χ2n) is 8.00. The lowest BCUT2D eigenvalue weighted by Crippen LogP contribution is -2.39. The number of benzene rings is 1. The molecule has 2 aromatic heterocycles. The molecule has 0 N–H and O–H groups in total. The van der Waals surface area contributed by atoms with Crippen LogP contribution in [0.3, 0.4) is 0 Å². The minimum Gasteiger partial charge on any atom is -0.348 e. The Morgan fingerprint density at radius 2 is 2.03 bits per heavy atom. The number of carbonyl (C=O) groups excluding carboxylic acids is 1. The lowest BCUT2D eigenvalue weighted by Gasteiger charge is -2.26. The summed E-state index contributed by atoms with van der Waals surface area (Å²) in [5, 5.41) is 8.78. The highest BCUT2D eigenvalue weighted by atomic mass is 16.7. The second-order valence-corrected chi connectivity index (χ2v) is 8.00. The molecule has 3 aromatic rings. The summed E-state index contributed by atoms with van der Waals surface area (Å²) < 4.78 is 15.1. The number of para-hydroxylation sites is 1. The summed E-state index contributed by atoms with van der Waals surface area (Å²) in [6, 6.07) is 13.6. The molecule has 1 fully saturated rings. The van der Waals surface area contributed by atoms with Crippen LogP contribution in [0.25, 0.3) is 5.69 Å². The van der Waals surface area contributed by atoms with Gasteiger partial charge in [0, 0.05) is 13.2 Å². The molecular weight excluding hydrogens is 382 g/mol. The fourth-order valence-corrected chi connectivity index (χ4v) is 3.74. The zero-order chi connectivity index (χ0) is 21.3. The lowest BCUT2D eigenvalue weighted by atomic mass is 10.2. The first-order valence-electron chi connectivity index (χ1n) is 10.0. The van der Waals surface area contributed by atoms with Crippen LogP contribution in [0.5, 0.6) is 0 Å². The van der Waals surface area contributed by atoms with Gasteiger partial charge in [-0.1, -0.05) is 18.2 Å². The number of amides is 1. The smallest absolute Gasteiger partial charge is 0.272 e. The largest absolute Gasteiger partial charge is 0.348 e. The van der Waals surface area contributed by atoms with Crippen molar-refractivity contribution in [3.63, 3.8) is 0 Å². The van der Waals surface area contributed by atoms with Crippen molar-refractivity contribution in [1.82, 2.24) is 24.5 Å². The molecule has 0 spiro atoms. The summed E-state index contributed by atoms with van der Waals surface area (Å²) in [4.78, 5) is 15.2. The lowest BCUT2D eigenvalue weighted by molar-refractivity contribution is -0.139. The van der Waals surface area contributed by atoms with Gasteiger partial charge in [-0.3, -0.25) is 9.48 Å². The molecule has 1 aliphatic rings. The number of aryl methyl sites for hydroxylation is 2. The van der Waals surface area contributed by atoms with Crippen LogP contribution in [-0.2, 0) is 23.1 Å². The predicted molar refractivity (Wildman–Crippen MR) is 111 cm³/mol. The molecule has 1 aromatic carbocycles. The third-order valence-electron chi connectivity index (χ3n) is 5.07. The van der Waals surface area contributed by atoms with Gasteiger partial charge in [0.2, 0.25) is 0 Å². The molecule has 0 aliphatic carbocycles. The van der Waals surface area contributed by atoms with E-state index in [1.54, 1.807) is 28.9 Å². The summed E-state index contributed by atoms with van der Waals surface area (Å²) >= 11 is 0. The maximum Gasteiger partial charge on any atom is 0.272 e. The Balaban J connectivity index is 1.62. The number of carbonyl (C=O) groups is 1. The molecule has 4 rings (SSSR count). The topological polar surface area (TPSA) is 74.4 Å². The number of hydrogen-bond donors (Lipinski definition) is 0. The zero-order valence-corrected chi connectivity index (χ0v) is 17.8. The number of ether oxygens (including phenoxy) is 2. The van der Waals surface area contributed by atoms with E-state index in [9.17, 15) is 4.79 Å². The predicted octanol–water partition coefficient (Wildman–Crippen LogP) is 2.71. The number of aromatic nitrogens is 4. The second kappa shape index (κ2) is 8.04. The van der Waals surface area contributed by atoms with E-state index in [1.807, 2.05) is 61.9 Å². The molecule has 158 valence electrons. The molecule has 1 atom stereocenters. The molecule has 0 bridgehead atoms. The summed E-state index contributed by atoms with van der Waals surface area (Å²) in [6.07, 6.45) is 1.55. The molecule has 3 heterocycles.